The lowest BCUT2D eigenvalue weighted by Crippen LogP contribution is -2.89. The van der Waals surface area contributed by atoms with Crippen molar-refractivity contribution in [1.82, 2.24) is 0 Å². The number of hydrogen-bond donors (Lipinski definition) is 2. The van der Waals surface area contributed by atoms with Crippen molar-refractivity contribution in [2.45, 2.75) is 40.7 Å². The zero-order valence-corrected chi connectivity index (χ0v) is 20.0. The Balaban J connectivity index is 1.99. The summed E-state index contributed by atoms with van der Waals surface area (Å²) in [6, 6.07) is 12.0. The van der Waals surface area contributed by atoms with Crippen molar-refractivity contribution in [3.05, 3.63) is 87.7 Å². The molecule has 0 fully saturated rings. The highest BCUT2D eigenvalue weighted by atomic mass is 16.5. The van der Waals surface area contributed by atoms with Crippen LogP contribution in [0.2, 0.25) is 0 Å². The topological polar surface area (TPSA) is 63.2 Å². The second kappa shape index (κ2) is 9.67. The molecule has 2 aromatic rings. The van der Waals surface area contributed by atoms with Crippen LogP contribution in [0.4, 0.5) is 5.69 Å². The molecule has 5 heteroatoms. The average molecular weight is 445 g/mol. The van der Waals surface area contributed by atoms with Crippen LogP contribution < -0.4 is 15.4 Å². The summed E-state index contributed by atoms with van der Waals surface area (Å²) in [6.07, 6.45) is 4.31. The number of hydrogen-bond acceptors (Lipinski definition) is 5. The van der Waals surface area contributed by atoms with Gasteiger partial charge in [-0.15, -0.1) is 0 Å². The first-order valence-corrected chi connectivity index (χ1v) is 11.7. The molecule has 0 amide bonds. The van der Waals surface area contributed by atoms with Crippen molar-refractivity contribution in [3.8, 4) is 5.75 Å². The third-order valence-electron chi connectivity index (χ3n) is 6.01. The molecule has 1 aliphatic carbocycles. The average Bonchev–Trinajstić information content (AvgIpc) is 2.80. The van der Waals surface area contributed by atoms with E-state index in [1.807, 2.05) is 31.2 Å². The van der Waals surface area contributed by atoms with Gasteiger partial charge in [-0.1, -0.05) is 18.2 Å². The molecule has 0 aromatic heterocycles. The van der Waals surface area contributed by atoms with Crippen molar-refractivity contribution in [2.24, 2.45) is 0 Å². The van der Waals surface area contributed by atoms with E-state index in [1.54, 1.807) is 0 Å². The minimum absolute atomic E-state index is 0.107. The Bertz CT molecular complexity index is 1170. The van der Waals surface area contributed by atoms with Crippen LogP contribution in [0.1, 0.15) is 54.7 Å². The molecule has 0 saturated heterocycles. The predicted octanol–water partition coefficient (Wildman–Crippen LogP) is 4.38. The number of rotatable bonds is 7. The Morgan fingerprint density at radius 3 is 2.64 bits per heavy atom. The number of carbonyl (C=O) groups is 1. The number of esters is 1. The highest BCUT2D eigenvalue weighted by Gasteiger charge is 2.32. The van der Waals surface area contributed by atoms with Crippen molar-refractivity contribution < 1.29 is 19.6 Å². The molecule has 1 aliphatic heterocycles. The van der Waals surface area contributed by atoms with Gasteiger partial charge in [-0.25, -0.2) is 4.79 Å². The van der Waals surface area contributed by atoms with E-state index < -0.39 is 0 Å². The molecule has 0 spiro atoms. The minimum atomic E-state index is -0.317. The molecule has 0 saturated carbocycles. The number of fused-ring (bicyclic) bond motifs is 2. The van der Waals surface area contributed by atoms with Crippen molar-refractivity contribution in [2.75, 3.05) is 25.0 Å². The highest BCUT2D eigenvalue weighted by Crippen LogP contribution is 2.46. The first kappa shape index (κ1) is 22.9. The lowest BCUT2D eigenvalue weighted by atomic mass is 9.83. The normalized spacial score (nSPS) is 16.8. The minimum Gasteiger partial charge on any atom is -0.462 e. The fourth-order valence-electron chi connectivity index (χ4n) is 4.48. The van der Waals surface area contributed by atoms with E-state index in [-0.39, 0.29) is 12.0 Å². The van der Waals surface area contributed by atoms with E-state index in [0.717, 1.165) is 58.1 Å². The molecule has 33 heavy (non-hydrogen) atoms. The molecular formula is C28H32N2O3+. The zero-order valence-electron chi connectivity index (χ0n) is 20.0. The summed E-state index contributed by atoms with van der Waals surface area (Å²) in [5.41, 5.74) is 7.74. The molecule has 1 heterocycles. The van der Waals surface area contributed by atoms with Crippen LogP contribution in [0.5, 0.6) is 5.75 Å². The van der Waals surface area contributed by atoms with Gasteiger partial charge in [0.2, 0.25) is 0 Å². The molecule has 0 bridgehead atoms. The van der Waals surface area contributed by atoms with Gasteiger partial charge in [0.05, 0.1) is 12.2 Å². The molecule has 1 radical (unpaired) electrons. The first-order valence-electron chi connectivity index (χ1n) is 11.7. The lowest BCUT2D eigenvalue weighted by Gasteiger charge is -2.30. The lowest BCUT2D eigenvalue weighted by molar-refractivity contribution is -0.668. The van der Waals surface area contributed by atoms with Gasteiger partial charge < -0.3 is 14.8 Å². The number of ether oxygens (including phenoxy) is 2. The Hall–Kier alpha value is -3.31. The fraction of sp³-hybridized carbons (Fsp3) is 0.321. The van der Waals surface area contributed by atoms with Gasteiger partial charge in [0, 0.05) is 41.1 Å². The first-order chi connectivity index (χ1) is 16.0. The number of nitrogens with one attached hydrogen (secondary N) is 2. The van der Waals surface area contributed by atoms with Gasteiger partial charge in [-0.2, -0.15) is 5.32 Å². The summed E-state index contributed by atoms with van der Waals surface area (Å²) in [5.74, 6) is 1.27. The smallest absolute Gasteiger partial charge is 0.338 e. The Morgan fingerprint density at radius 1 is 1.12 bits per heavy atom. The maximum absolute atomic E-state index is 12.9. The maximum atomic E-state index is 12.9. The molecule has 2 aliphatic rings. The monoisotopic (exact) mass is 444 g/mol. The molecule has 5 nitrogen and oxygen atoms in total. The van der Waals surface area contributed by atoms with E-state index in [0.29, 0.717) is 12.2 Å². The third-order valence-corrected chi connectivity index (χ3v) is 6.01. The Kier molecular flexibility index (Phi) is 6.70. The van der Waals surface area contributed by atoms with E-state index in [2.05, 4.69) is 62.6 Å². The van der Waals surface area contributed by atoms with Crippen LogP contribution in [0, 0.1) is 6.92 Å². The number of anilines is 1. The maximum Gasteiger partial charge on any atom is 0.338 e. The summed E-state index contributed by atoms with van der Waals surface area (Å²) in [5, 5.41) is 6.92. The SMILES string of the molecule is CCNc1cc2c(cc1C)C(c1ccccc1C(=O)OCC)=C1C=C(C)C([NH+]CC)C=C1O2. The molecule has 1 atom stereocenters. The largest absolute Gasteiger partial charge is 0.462 e. The third kappa shape index (κ3) is 4.33. The molecule has 2 aromatic carbocycles. The van der Waals surface area contributed by atoms with Gasteiger partial charge >= 0.3 is 5.97 Å². The molecule has 4 rings (SSSR count). The van der Waals surface area contributed by atoms with Crippen LogP contribution in [-0.4, -0.2) is 31.7 Å². The van der Waals surface area contributed by atoms with Crippen molar-refractivity contribution >= 4 is 17.2 Å². The van der Waals surface area contributed by atoms with E-state index >= 15 is 0 Å². The summed E-state index contributed by atoms with van der Waals surface area (Å²) in [7, 11) is 0. The number of allylic oxidation sites excluding steroid dienone is 1. The van der Waals surface area contributed by atoms with Crippen LogP contribution in [0.3, 0.4) is 0 Å². The molecule has 1 unspecified atom stereocenters. The van der Waals surface area contributed by atoms with Gasteiger partial charge in [0.25, 0.3) is 0 Å². The Morgan fingerprint density at radius 2 is 1.91 bits per heavy atom. The summed E-state index contributed by atoms with van der Waals surface area (Å²) >= 11 is 0. The van der Waals surface area contributed by atoms with Gasteiger partial charge in [0.15, 0.2) is 6.04 Å². The summed E-state index contributed by atoms with van der Waals surface area (Å²) in [4.78, 5) is 12.9. The summed E-state index contributed by atoms with van der Waals surface area (Å²) < 4.78 is 11.9. The van der Waals surface area contributed by atoms with Crippen LogP contribution in [0.15, 0.2) is 65.5 Å². The second-order valence-corrected chi connectivity index (χ2v) is 8.31. The number of aryl methyl sites for hydroxylation is 1. The predicted molar refractivity (Wildman–Crippen MR) is 132 cm³/mol. The fourth-order valence-corrected chi connectivity index (χ4v) is 4.48. The number of carbonyl (C=O) groups excluding carboxylic acids is 1. The molecule has 2 N–H and O–H groups in total. The molecule has 171 valence electrons. The van der Waals surface area contributed by atoms with Gasteiger partial charge in [0.1, 0.15) is 18.1 Å². The van der Waals surface area contributed by atoms with E-state index in [1.165, 1.54) is 5.57 Å². The standard InChI is InChI=1S/C28H32N2O3/c1-6-29-23-15-25-21(13-17(23)4)27(19-11-9-10-12-20(19)28(31)32-8-3)22-14-18(5)24(30-7-2)16-26(22)33-25/h9-16,23,29-30H,6-8H2,1-5H3/q+1. The van der Waals surface area contributed by atoms with Gasteiger partial charge in [-0.3, -0.25) is 0 Å². The quantitative estimate of drug-likeness (QED) is 0.622. The van der Waals surface area contributed by atoms with Crippen molar-refractivity contribution in [1.29, 1.82) is 0 Å². The number of benzene rings is 2. The Labute approximate surface area is 196 Å². The van der Waals surface area contributed by atoms with Crippen LogP contribution in [-0.2, 0) is 4.74 Å². The summed E-state index contributed by atoms with van der Waals surface area (Å²) in [6.45, 7) is 12.2. The van der Waals surface area contributed by atoms with Crippen LogP contribution >= 0.6 is 0 Å². The van der Waals surface area contributed by atoms with Crippen molar-refractivity contribution in [3.63, 3.8) is 0 Å². The van der Waals surface area contributed by atoms with E-state index in [4.69, 9.17) is 9.47 Å². The van der Waals surface area contributed by atoms with E-state index in [9.17, 15) is 4.79 Å². The zero-order chi connectivity index (χ0) is 23.5. The second-order valence-electron chi connectivity index (χ2n) is 8.31. The molecular weight excluding hydrogens is 412 g/mol. The van der Waals surface area contributed by atoms with Crippen LogP contribution in [0.25, 0.3) is 5.57 Å². The highest BCUT2D eigenvalue weighted by molar-refractivity contribution is 6.01. The number of likely N-dealkylation sites (N-methyl/N-ethyl adjacent to an activating group) is 1. The van der Waals surface area contributed by atoms with Gasteiger partial charge in [-0.05, 0) is 69.5 Å².